The predicted octanol–water partition coefficient (Wildman–Crippen LogP) is 17.3. The lowest BCUT2D eigenvalue weighted by atomic mass is 10.1. The van der Waals surface area contributed by atoms with E-state index in [1.54, 1.807) is 0 Å². The molecule has 0 heterocycles. The van der Waals surface area contributed by atoms with E-state index in [1.807, 2.05) is 0 Å². The number of carbonyl (C=O) groups excluding carboxylic acids is 2. The van der Waals surface area contributed by atoms with Gasteiger partial charge in [0.15, 0.2) is 6.10 Å². The van der Waals surface area contributed by atoms with E-state index >= 15 is 0 Å². The first-order chi connectivity index (χ1) is 29.6. The first-order valence-corrected chi connectivity index (χ1v) is 25.8. The number of hydrogen-bond acceptors (Lipinski definition) is 5. The van der Waals surface area contributed by atoms with Crippen molar-refractivity contribution >= 4 is 11.9 Å². The molecular formula is C55H98O5. The molecule has 5 nitrogen and oxygen atoms in total. The Kier molecular flexibility index (Phi) is 48.9. The zero-order valence-corrected chi connectivity index (χ0v) is 40.0. The van der Waals surface area contributed by atoms with E-state index in [2.05, 4.69) is 81.5 Å². The van der Waals surface area contributed by atoms with Gasteiger partial charge in [0.1, 0.15) is 6.61 Å². The molecule has 0 radical (unpaired) electrons. The third kappa shape index (κ3) is 48.3. The Morgan fingerprint density at radius 1 is 0.383 bits per heavy atom. The van der Waals surface area contributed by atoms with Gasteiger partial charge in [-0.2, -0.15) is 0 Å². The molecule has 348 valence electrons. The van der Waals surface area contributed by atoms with Gasteiger partial charge in [-0.1, -0.05) is 216 Å². The second-order valence-electron chi connectivity index (χ2n) is 17.0. The number of unbranched alkanes of at least 4 members (excludes halogenated alkanes) is 26. The summed E-state index contributed by atoms with van der Waals surface area (Å²) in [4.78, 5) is 25.4. The van der Waals surface area contributed by atoms with Crippen LogP contribution < -0.4 is 0 Å². The van der Waals surface area contributed by atoms with Gasteiger partial charge in [-0.25, -0.2) is 0 Å². The lowest BCUT2D eigenvalue weighted by Gasteiger charge is -2.18. The lowest BCUT2D eigenvalue weighted by molar-refractivity contribution is -0.163. The van der Waals surface area contributed by atoms with Gasteiger partial charge in [0.05, 0.1) is 6.61 Å². The molecule has 0 N–H and O–H groups in total. The largest absolute Gasteiger partial charge is 0.462 e. The molecule has 0 saturated carbocycles. The molecule has 1 atom stereocenters. The van der Waals surface area contributed by atoms with Crippen LogP contribution in [-0.2, 0) is 23.8 Å². The SMILES string of the molecule is CC/C=C\C/C=C\C/C=C\C/C=C\CCCCC(=O)OC(COCCCCCCCCCCCCCC)COC(=O)CCCCCCCCC/C=C\CCCCCCCC. The smallest absolute Gasteiger partial charge is 0.306 e. The molecule has 0 aromatic carbocycles. The van der Waals surface area contributed by atoms with Crippen molar-refractivity contribution in [2.24, 2.45) is 0 Å². The Balaban J connectivity index is 4.30. The third-order valence-electron chi connectivity index (χ3n) is 11.0. The second kappa shape index (κ2) is 51.0. The Labute approximate surface area is 373 Å². The molecule has 0 aliphatic rings. The molecule has 0 spiro atoms. The summed E-state index contributed by atoms with van der Waals surface area (Å²) >= 11 is 0. The minimum absolute atomic E-state index is 0.0678. The Morgan fingerprint density at radius 2 is 0.750 bits per heavy atom. The van der Waals surface area contributed by atoms with Gasteiger partial charge in [0, 0.05) is 19.4 Å². The van der Waals surface area contributed by atoms with Crippen LogP contribution in [0.5, 0.6) is 0 Å². The van der Waals surface area contributed by atoms with Gasteiger partial charge in [-0.05, 0) is 83.5 Å². The van der Waals surface area contributed by atoms with E-state index in [-0.39, 0.29) is 25.2 Å². The summed E-state index contributed by atoms with van der Waals surface area (Å²) in [5, 5.41) is 0. The highest BCUT2D eigenvalue weighted by Gasteiger charge is 2.17. The average molecular weight is 839 g/mol. The number of allylic oxidation sites excluding steroid dienone is 10. The molecule has 0 bridgehead atoms. The molecule has 0 fully saturated rings. The van der Waals surface area contributed by atoms with Crippen LogP contribution in [0.1, 0.15) is 252 Å². The molecule has 60 heavy (non-hydrogen) atoms. The standard InChI is InChI=1S/C55H98O5/c1-4-7-10-13-16-19-22-25-27-28-30-31-33-36-39-42-45-48-54(56)59-52-53(51-58-50-47-44-41-38-35-24-21-18-15-12-9-6-3)60-55(57)49-46-43-40-37-34-32-29-26-23-20-17-14-11-8-5-2/h8,11,17,20,25-27,29,34,37,53H,4-7,9-10,12-16,18-19,21-24,28,30-33,35-36,38-52H2,1-3H3/b11-8-,20-17-,27-25-,29-26-,37-34-. The molecule has 0 aliphatic heterocycles. The number of hydrogen-bond donors (Lipinski definition) is 0. The first-order valence-electron chi connectivity index (χ1n) is 25.8. The number of ether oxygens (including phenoxy) is 3. The van der Waals surface area contributed by atoms with Crippen LogP contribution in [0, 0.1) is 0 Å². The van der Waals surface area contributed by atoms with Gasteiger partial charge in [0.2, 0.25) is 0 Å². The van der Waals surface area contributed by atoms with Crippen LogP contribution in [0.4, 0.5) is 0 Å². The zero-order valence-electron chi connectivity index (χ0n) is 40.0. The van der Waals surface area contributed by atoms with Crippen LogP contribution in [0.15, 0.2) is 60.8 Å². The van der Waals surface area contributed by atoms with Crippen LogP contribution in [-0.4, -0.2) is 37.9 Å². The van der Waals surface area contributed by atoms with Crippen molar-refractivity contribution in [2.45, 2.75) is 258 Å². The molecule has 5 heteroatoms. The van der Waals surface area contributed by atoms with E-state index in [4.69, 9.17) is 14.2 Å². The summed E-state index contributed by atoms with van der Waals surface area (Å²) in [6, 6.07) is 0. The van der Waals surface area contributed by atoms with Crippen molar-refractivity contribution < 1.29 is 23.8 Å². The van der Waals surface area contributed by atoms with Gasteiger partial charge in [-0.3, -0.25) is 9.59 Å². The minimum Gasteiger partial charge on any atom is -0.462 e. The van der Waals surface area contributed by atoms with Gasteiger partial charge >= 0.3 is 11.9 Å². The van der Waals surface area contributed by atoms with Gasteiger partial charge < -0.3 is 14.2 Å². The van der Waals surface area contributed by atoms with Gasteiger partial charge in [-0.15, -0.1) is 0 Å². The highest BCUT2D eigenvalue weighted by atomic mass is 16.6. The molecule has 0 aliphatic carbocycles. The summed E-state index contributed by atoms with van der Waals surface area (Å²) in [6.07, 6.45) is 63.7. The predicted molar refractivity (Wildman–Crippen MR) is 261 cm³/mol. The summed E-state index contributed by atoms with van der Waals surface area (Å²) in [7, 11) is 0. The molecule has 0 saturated heterocycles. The Morgan fingerprint density at radius 3 is 1.25 bits per heavy atom. The van der Waals surface area contributed by atoms with Crippen molar-refractivity contribution in [3.05, 3.63) is 60.8 Å². The topological polar surface area (TPSA) is 61.8 Å². The average Bonchev–Trinajstić information content (AvgIpc) is 3.25. The van der Waals surface area contributed by atoms with Gasteiger partial charge in [0.25, 0.3) is 0 Å². The summed E-state index contributed by atoms with van der Waals surface area (Å²) in [5.41, 5.74) is 0. The summed E-state index contributed by atoms with van der Waals surface area (Å²) < 4.78 is 17.4. The van der Waals surface area contributed by atoms with Crippen LogP contribution in [0.2, 0.25) is 0 Å². The molecule has 0 aromatic rings. The molecule has 0 aromatic heterocycles. The second-order valence-corrected chi connectivity index (χ2v) is 17.0. The van der Waals surface area contributed by atoms with E-state index in [0.717, 1.165) is 77.0 Å². The zero-order chi connectivity index (χ0) is 43.5. The van der Waals surface area contributed by atoms with Crippen molar-refractivity contribution in [3.63, 3.8) is 0 Å². The van der Waals surface area contributed by atoms with E-state index in [9.17, 15) is 9.59 Å². The van der Waals surface area contributed by atoms with Crippen molar-refractivity contribution in [1.82, 2.24) is 0 Å². The number of esters is 2. The van der Waals surface area contributed by atoms with Crippen LogP contribution >= 0.6 is 0 Å². The highest BCUT2D eigenvalue weighted by Crippen LogP contribution is 2.14. The fourth-order valence-corrected chi connectivity index (χ4v) is 7.20. The van der Waals surface area contributed by atoms with Crippen molar-refractivity contribution in [1.29, 1.82) is 0 Å². The Bertz CT molecular complexity index is 1040. The van der Waals surface area contributed by atoms with E-state index < -0.39 is 6.10 Å². The number of rotatable bonds is 47. The quantitative estimate of drug-likeness (QED) is 0.0347. The lowest BCUT2D eigenvalue weighted by Crippen LogP contribution is -2.30. The maximum atomic E-state index is 12.8. The molecule has 0 amide bonds. The van der Waals surface area contributed by atoms with Crippen molar-refractivity contribution in [3.8, 4) is 0 Å². The third-order valence-corrected chi connectivity index (χ3v) is 11.0. The maximum Gasteiger partial charge on any atom is 0.306 e. The van der Waals surface area contributed by atoms with E-state index in [1.165, 1.54) is 141 Å². The molecular weight excluding hydrogens is 741 g/mol. The van der Waals surface area contributed by atoms with Crippen LogP contribution in [0.25, 0.3) is 0 Å². The monoisotopic (exact) mass is 839 g/mol. The van der Waals surface area contributed by atoms with Crippen molar-refractivity contribution in [2.75, 3.05) is 19.8 Å². The normalized spacial score (nSPS) is 12.7. The molecule has 1 unspecified atom stereocenters. The summed E-state index contributed by atoms with van der Waals surface area (Å²) in [5.74, 6) is -0.443. The van der Waals surface area contributed by atoms with E-state index in [0.29, 0.717) is 19.4 Å². The summed E-state index contributed by atoms with van der Waals surface area (Å²) in [6.45, 7) is 7.68. The van der Waals surface area contributed by atoms with Crippen LogP contribution in [0.3, 0.4) is 0 Å². The minimum atomic E-state index is -0.557. The fourth-order valence-electron chi connectivity index (χ4n) is 7.20. The number of carbonyl (C=O) groups is 2. The fraction of sp³-hybridized carbons (Fsp3) is 0.782. The Hall–Kier alpha value is -2.40. The maximum absolute atomic E-state index is 12.8. The highest BCUT2D eigenvalue weighted by molar-refractivity contribution is 5.70. The first kappa shape index (κ1) is 57.6. The molecule has 0 rings (SSSR count).